The lowest BCUT2D eigenvalue weighted by Gasteiger charge is -2.20. The van der Waals surface area contributed by atoms with Gasteiger partial charge in [-0.25, -0.2) is 0 Å². The van der Waals surface area contributed by atoms with Crippen molar-refractivity contribution in [3.63, 3.8) is 0 Å². The summed E-state index contributed by atoms with van der Waals surface area (Å²) < 4.78 is 11.1. The molecule has 3 nitrogen and oxygen atoms in total. The Morgan fingerprint density at radius 1 is 1.24 bits per heavy atom. The predicted octanol–water partition coefficient (Wildman–Crippen LogP) is 3.06. The van der Waals surface area contributed by atoms with Crippen LogP contribution in [0.3, 0.4) is 0 Å². The average molecular weight is 233 g/mol. The number of benzene rings is 1. The zero-order chi connectivity index (χ0) is 11.7. The fourth-order valence-electron chi connectivity index (χ4n) is 2.33. The Morgan fingerprint density at radius 3 is 2.76 bits per heavy atom. The molecule has 0 saturated heterocycles. The number of nitrogens with one attached hydrogen (secondary N) is 1. The molecule has 1 aromatic carbocycles. The molecule has 1 saturated carbocycles. The third kappa shape index (κ3) is 2.65. The summed E-state index contributed by atoms with van der Waals surface area (Å²) in [4.78, 5) is 0. The number of hydrogen-bond acceptors (Lipinski definition) is 3. The summed E-state index contributed by atoms with van der Waals surface area (Å²) >= 11 is 0. The van der Waals surface area contributed by atoms with Crippen LogP contribution in [0.4, 0.5) is 5.69 Å². The minimum absolute atomic E-state index is 0.532. The highest BCUT2D eigenvalue weighted by Gasteiger charge is 2.23. The second-order valence-corrected chi connectivity index (χ2v) is 5.08. The van der Waals surface area contributed by atoms with Gasteiger partial charge in [0.2, 0.25) is 0 Å². The monoisotopic (exact) mass is 233 g/mol. The van der Waals surface area contributed by atoms with Crippen molar-refractivity contribution < 1.29 is 9.47 Å². The van der Waals surface area contributed by atoms with Crippen LogP contribution in [0, 0.1) is 5.92 Å². The van der Waals surface area contributed by atoms with E-state index in [1.165, 1.54) is 19.3 Å². The zero-order valence-electron chi connectivity index (χ0n) is 10.2. The summed E-state index contributed by atoms with van der Waals surface area (Å²) in [6.45, 7) is 3.54. The molecule has 1 aliphatic carbocycles. The molecule has 0 spiro atoms. The predicted molar refractivity (Wildman–Crippen MR) is 67.9 cm³/mol. The average Bonchev–Trinajstić information content (AvgIpc) is 3.12. The van der Waals surface area contributed by atoms with Crippen LogP contribution in [-0.2, 0) is 0 Å². The van der Waals surface area contributed by atoms with Crippen molar-refractivity contribution in [2.24, 2.45) is 5.92 Å². The van der Waals surface area contributed by atoms with Gasteiger partial charge in [-0.3, -0.25) is 0 Å². The lowest BCUT2D eigenvalue weighted by molar-refractivity contribution is 0.171. The molecular weight excluding hydrogens is 214 g/mol. The van der Waals surface area contributed by atoms with Crippen LogP contribution in [0.1, 0.15) is 26.2 Å². The summed E-state index contributed by atoms with van der Waals surface area (Å²) in [5.41, 5.74) is 1.13. The van der Waals surface area contributed by atoms with Gasteiger partial charge in [0.15, 0.2) is 11.5 Å². The van der Waals surface area contributed by atoms with Gasteiger partial charge in [0, 0.05) is 17.8 Å². The summed E-state index contributed by atoms with van der Waals surface area (Å²) in [6.07, 6.45) is 4.09. The molecule has 0 bridgehead atoms. The lowest BCUT2D eigenvalue weighted by atomic mass is 10.1. The van der Waals surface area contributed by atoms with E-state index in [0.717, 1.165) is 23.1 Å². The number of hydrogen-bond donors (Lipinski definition) is 1. The molecule has 17 heavy (non-hydrogen) atoms. The molecule has 0 amide bonds. The SMILES string of the molecule is CC(CC1CC1)Nc1ccc2c(c1)OCCO2. The topological polar surface area (TPSA) is 30.5 Å². The number of fused-ring (bicyclic) bond motifs is 1. The van der Waals surface area contributed by atoms with Crippen LogP contribution < -0.4 is 14.8 Å². The third-order valence-corrected chi connectivity index (χ3v) is 3.34. The largest absolute Gasteiger partial charge is 0.486 e. The number of anilines is 1. The van der Waals surface area contributed by atoms with Crippen molar-refractivity contribution in [2.75, 3.05) is 18.5 Å². The number of ether oxygens (including phenoxy) is 2. The van der Waals surface area contributed by atoms with Crippen molar-refractivity contribution in [1.82, 2.24) is 0 Å². The summed E-state index contributed by atoms with van der Waals surface area (Å²) in [6, 6.07) is 6.63. The van der Waals surface area contributed by atoms with E-state index < -0.39 is 0 Å². The standard InChI is InChI=1S/C14H19NO2/c1-10(8-11-2-3-11)15-12-4-5-13-14(9-12)17-7-6-16-13/h4-5,9-11,15H,2-3,6-8H2,1H3. The molecule has 1 heterocycles. The molecule has 0 radical (unpaired) electrons. The Hall–Kier alpha value is -1.38. The minimum Gasteiger partial charge on any atom is -0.486 e. The molecule has 1 atom stereocenters. The maximum atomic E-state index is 5.57. The van der Waals surface area contributed by atoms with Gasteiger partial charge in [-0.2, -0.15) is 0 Å². The number of rotatable bonds is 4. The van der Waals surface area contributed by atoms with Gasteiger partial charge >= 0.3 is 0 Å². The Morgan fingerprint density at radius 2 is 2.00 bits per heavy atom. The first kappa shape index (κ1) is 10.8. The van der Waals surface area contributed by atoms with E-state index in [1.807, 2.05) is 12.1 Å². The van der Waals surface area contributed by atoms with E-state index in [-0.39, 0.29) is 0 Å². The molecule has 1 N–H and O–H groups in total. The highest BCUT2D eigenvalue weighted by Crippen LogP contribution is 2.35. The van der Waals surface area contributed by atoms with E-state index in [1.54, 1.807) is 0 Å². The van der Waals surface area contributed by atoms with Crippen LogP contribution >= 0.6 is 0 Å². The molecule has 1 unspecified atom stereocenters. The van der Waals surface area contributed by atoms with Gasteiger partial charge < -0.3 is 14.8 Å². The quantitative estimate of drug-likeness (QED) is 0.867. The normalized spacial score (nSPS) is 19.8. The van der Waals surface area contributed by atoms with Crippen LogP contribution in [0.25, 0.3) is 0 Å². The summed E-state index contributed by atoms with van der Waals surface area (Å²) in [7, 11) is 0. The Bertz CT molecular complexity index is 401. The Kier molecular flexibility index (Phi) is 2.83. The van der Waals surface area contributed by atoms with Crippen LogP contribution in [0.2, 0.25) is 0 Å². The van der Waals surface area contributed by atoms with Crippen LogP contribution in [-0.4, -0.2) is 19.3 Å². The van der Waals surface area contributed by atoms with Gasteiger partial charge in [-0.15, -0.1) is 0 Å². The highest BCUT2D eigenvalue weighted by molar-refractivity contribution is 5.55. The molecule has 1 aromatic rings. The van der Waals surface area contributed by atoms with Crippen molar-refractivity contribution in [1.29, 1.82) is 0 Å². The maximum Gasteiger partial charge on any atom is 0.163 e. The van der Waals surface area contributed by atoms with E-state index >= 15 is 0 Å². The second kappa shape index (κ2) is 4.47. The fraction of sp³-hybridized carbons (Fsp3) is 0.571. The Labute approximate surface area is 102 Å². The van der Waals surface area contributed by atoms with Gasteiger partial charge in [-0.05, 0) is 31.4 Å². The first-order chi connectivity index (χ1) is 8.31. The second-order valence-electron chi connectivity index (χ2n) is 5.08. The Balaban J connectivity index is 1.65. The van der Waals surface area contributed by atoms with Gasteiger partial charge in [0.1, 0.15) is 13.2 Å². The molecule has 3 rings (SSSR count). The minimum atomic E-state index is 0.532. The van der Waals surface area contributed by atoms with E-state index in [4.69, 9.17) is 9.47 Å². The first-order valence-corrected chi connectivity index (χ1v) is 6.47. The fourth-order valence-corrected chi connectivity index (χ4v) is 2.33. The van der Waals surface area contributed by atoms with Crippen molar-refractivity contribution in [3.05, 3.63) is 18.2 Å². The molecule has 2 aliphatic rings. The molecule has 3 heteroatoms. The molecule has 1 aliphatic heterocycles. The third-order valence-electron chi connectivity index (χ3n) is 3.34. The smallest absolute Gasteiger partial charge is 0.163 e. The lowest BCUT2D eigenvalue weighted by Crippen LogP contribution is -2.17. The van der Waals surface area contributed by atoms with Crippen LogP contribution in [0.15, 0.2) is 18.2 Å². The highest BCUT2D eigenvalue weighted by atomic mass is 16.6. The molecule has 1 fully saturated rings. The summed E-state index contributed by atoms with van der Waals surface area (Å²) in [5.74, 6) is 2.67. The maximum absolute atomic E-state index is 5.57. The molecule has 92 valence electrons. The van der Waals surface area contributed by atoms with E-state index in [9.17, 15) is 0 Å². The van der Waals surface area contributed by atoms with Crippen molar-refractivity contribution in [3.8, 4) is 11.5 Å². The van der Waals surface area contributed by atoms with Crippen molar-refractivity contribution >= 4 is 5.69 Å². The van der Waals surface area contributed by atoms with Crippen molar-refractivity contribution in [2.45, 2.75) is 32.2 Å². The molecule has 0 aromatic heterocycles. The van der Waals surface area contributed by atoms with Gasteiger partial charge in [-0.1, -0.05) is 12.8 Å². The zero-order valence-corrected chi connectivity index (χ0v) is 10.2. The molecular formula is C14H19NO2. The first-order valence-electron chi connectivity index (χ1n) is 6.47. The van der Waals surface area contributed by atoms with Gasteiger partial charge in [0.25, 0.3) is 0 Å². The van der Waals surface area contributed by atoms with E-state index in [2.05, 4.69) is 18.3 Å². The van der Waals surface area contributed by atoms with Crippen LogP contribution in [0.5, 0.6) is 11.5 Å². The van der Waals surface area contributed by atoms with Gasteiger partial charge in [0.05, 0.1) is 0 Å². The van der Waals surface area contributed by atoms with E-state index in [0.29, 0.717) is 19.3 Å². The summed E-state index contributed by atoms with van der Waals surface area (Å²) in [5, 5.41) is 3.53.